The molecule has 0 amide bonds. The molecule has 18 heavy (non-hydrogen) atoms. The number of benzene rings is 1. The minimum absolute atomic E-state index is 0.378. The normalized spacial score (nSPS) is 12.4. The molecule has 0 aliphatic carbocycles. The van der Waals surface area contributed by atoms with E-state index in [0.29, 0.717) is 19.1 Å². The summed E-state index contributed by atoms with van der Waals surface area (Å²) in [7, 11) is 0. The topological polar surface area (TPSA) is 26.3 Å². The van der Waals surface area contributed by atoms with Crippen molar-refractivity contribution in [2.75, 3.05) is 0 Å². The number of hydrogen-bond donors (Lipinski definition) is 0. The van der Waals surface area contributed by atoms with E-state index in [4.69, 9.17) is 11.6 Å². The molecular weight excluding hydrogens is 283 g/mol. The zero-order valence-corrected chi connectivity index (χ0v) is 9.57. The molecule has 8 heteroatoms. The fraction of sp³-hybridized carbons (Fsp3) is 0.300. The molecule has 2 nitrogen and oxygen atoms in total. The van der Waals surface area contributed by atoms with Crippen LogP contribution in [0.4, 0.5) is 22.0 Å². The molecule has 0 aliphatic heterocycles. The van der Waals surface area contributed by atoms with Gasteiger partial charge in [0.2, 0.25) is 5.78 Å². The van der Waals surface area contributed by atoms with Crippen LogP contribution in [0.1, 0.15) is 17.3 Å². The molecule has 0 saturated carbocycles. The summed E-state index contributed by atoms with van der Waals surface area (Å²) in [5.74, 6) is -5.93. The summed E-state index contributed by atoms with van der Waals surface area (Å²) in [4.78, 5) is 11.1. The summed E-state index contributed by atoms with van der Waals surface area (Å²) in [5.41, 5.74) is -0.498. The highest BCUT2D eigenvalue weighted by atomic mass is 35.5. The van der Waals surface area contributed by atoms with Gasteiger partial charge in [-0.05, 0) is 18.2 Å². The number of alkyl halides is 5. The van der Waals surface area contributed by atoms with E-state index in [1.54, 1.807) is 0 Å². The van der Waals surface area contributed by atoms with Crippen LogP contribution < -0.4 is 4.74 Å². The summed E-state index contributed by atoms with van der Waals surface area (Å²) in [6, 6.07) is 2.18. The molecule has 0 bridgehead atoms. The number of hydrogen-bond acceptors (Lipinski definition) is 2. The molecule has 1 rings (SSSR count). The molecule has 0 aromatic heterocycles. The average molecular weight is 289 g/mol. The van der Waals surface area contributed by atoms with Gasteiger partial charge in [-0.2, -0.15) is 8.78 Å². The summed E-state index contributed by atoms with van der Waals surface area (Å²) in [6.07, 6.45) is -4.95. The Morgan fingerprint density at radius 2 is 1.78 bits per heavy atom. The SMILES string of the molecule is CC(F)(F)C(=O)c1ccc(OC(F)(F)F)c(Cl)c1. The van der Waals surface area contributed by atoms with E-state index in [-0.39, 0.29) is 0 Å². The Kier molecular flexibility index (Phi) is 3.85. The van der Waals surface area contributed by atoms with Crippen LogP contribution in [0.15, 0.2) is 18.2 Å². The van der Waals surface area contributed by atoms with Crippen molar-refractivity contribution in [3.63, 3.8) is 0 Å². The Balaban J connectivity index is 3.04. The average Bonchev–Trinajstić information content (AvgIpc) is 2.16. The van der Waals surface area contributed by atoms with Crippen molar-refractivity contribution in [2.24, 2.45) is 0 Å². The van der Waals surface area contributed by atoms with Crippen LogP contribution in [0, 0.1) is 0 Å². The maximum atomic E-state index is 12.7. The first-order valence-corrected chi connectivity index (χ1v) is 4.86. The van der Waals surface area contributed by atoms with Gasteiger partial charge >= 0.3 is 12.3 Å². The zero-order chi connectivity index (χ0) is 14.1. The minimum Gasteiger partial charge on any atom is -0.404 e. The maximum Gasteiger partial charge on any atom is 0.573 e. The van der Waals surface area contributed by atoms with Gasteiger partial charge in [-0.3, -0.25) is 4.79 Å². The Morgan fingerprint density at radius 3 is 2.17 bits per heavy atom. The zero-order valence-electron chi connectivity index (χ0n) is 8.82. The fourth-order valence-corrected chi connectivity index (χ4v) is 1.32. The summed E-state index contributed by atoms with van der Waals surface area (Å²) in [5, 5.41) is -0.581. The molecule has 0 fully saturated rings. The van der Waals surface area contributed by atoms with Gasteiger partial charge in [0, 0.05) is 12.5 Å². The number of halogens is 6. The number of carbonyl (C=O) groups excluding carboxylic acids is 1. The molecule has 0 unspecified atom stereocenters. The van der Waals surface area contributed by atoms with Crippen LogP contribution in [0.3, 0.4) is 0 Å². The predicted molar refractivity (Wildman–Crippen MR) is 53.1 cm³/mol. The van der Waals surface area contributed by atoms with E-state index >= 15 is 0 Å². The van der Waals surface area contributed by atoms with Gasteiger partial charge in [0.25, 0.3) is 0 Å². The molecule has 1 aromatic carbocycles. The lowest BCUT2D eigenvalue weighted by molar-refractivity contribution is -0.274. The van der Waals surface area contributed by atoms with Crippen LogP contribution in [0.5, 0.6) is 5.75 Å². The largest absolute Gasteiger partial charge is 0.573 e. The number of ketones is 1. The third kappa shape index (κ3) is 3.83. The Labute approximate surface area is 103 Å². The van der Waals surface area contributed by atoms with Gasteiger partial charge in [0.1, 0.15) is 5.75 Å². The highest BCUT2D eigenvalue weighted by Crippen LogP contribution is 2.32. The Bertz CT molecular complexity index is 464. The summed E-state index contributed by atoms with van der Waals surface area (Å²) in [6.45, 7) is 0.378. The number of Topliss-reactive ketones (excluding diaryl/α,β-unsaturated/α-hetero) is 1. The van der Waals surface area contributed by atoms with Gasteiger partial charge in [-0.25, -0.2) is 0 Å². The van der Waals surface area contributed by atoms with Gasteiger partial charge in [-0.1, -0.05) is 11.6 Å². The fourth-order valence-electron chi connectivity index (χ4n) is 1.10. The van der Waals surface area contributed by atoms with E-state index in [9.17, 15) is 26.7 Å². The minimum atomic E-state index is -4.95. The smallest absolute Gasteiger partial charge is 0.404 e. The second-order valence-electron chi connectivity index (χ2n) is 3.41. The molecule has 0 spiro atoms. The van der Waals surface area contributed by atoms with Crippen LogP contribution in [-0.2, 0) is 0 Å². The van der Waals surface area contributed by atoms with Crippen molar-refractivity contribution in [1.82, 2.24) is 0 Å². The van der Waals surface area contributed by atoms with Gasteiger partial charge in [-0.15, -0.1) is 13.2 Å². The third-order valence-corrected chi connectivity index (χ3v) is 2.11. The van der Waals surface area contributed by atoms with Crippen LogP contribution in [-0.4, -0.2) is 18.1 Å². The van der Waals surface area contributed by atoms with E-state index < -0.39 is 34.4 Å². The number of rotatable bonds is 3. The molecule has 0 N–H and O–H groups in total. The van der Waals surface area contributed by atoms with Crippen molar-refractivity contribution in [1.29, 1.82) is 0 Å². The van der Waals surface area contributed by atoms with E-state index in [1.807, 2.05) is 0 Å². The number of ether oxygens (including phenoxy) is 1. The molecule has 0 radical (unpaired) electrons. The van der Waals surface area contributed by atoms with Gasteiger partial charge in [0.05, 0.1) is 5.02 Å². The highest BCUT2D eigenvalue weighted by molar-refractivity contribution is 6.32. The molecule has 0 atom stereocenters. The predicted octanol–water partition coefficient (Wildman–Crippen LogP) is 4.08. The van der Waals surface area contributed by atoms with E-state index in [2.05, 4.69) is 4.74 Å². The Hall–Kier alpha value is -1.37. The second-order valence-corrected chi connectivity index (χ2v) is 3.82. The van der Waals surface area contributed by atoms with Crippen molar-refractivity contribution in [3.8, 4) is 5.75 Å². The van der Waals surface area contributed by atoms with Gasteiger partial charge in [0.15, 0.2) is 0 Å². The first-order chi connectivity index (χ1) is 8.00. The first kappa shape index (κ1) is 14.7. The summed E-state index contributed by atoms with van der Waals surface area (Å²) < 4.78 is 64.6. The molecule has 0 saturated heterocycles. The lowest BCUT2D eigenvalue weighted by atomic mass is 10.1. The van der Waals surface area contributed by atoms with E-state index in [0.717, 1.165) is 6.07 Å². The molecule has 100 valence electrons. The molecular formula is C10H6ClF5O2. The van der Waals surface area contributed by atoms with Crippen LogP contribution >= 0.6 is 11.6 Å². The lowest BCUT2D eigenvalue weighted by Crippen LogP contribution is -2.24. The lowest BCUT2D eigenvalue weighted by Gasteiger charge is -2.12. The molecule has 0 heterocycles. The summed E-state index contributed by atoms with van der Waals surface area (Å²) >= 11 is 5.41. The second kappa shape index (κ2) is 4.72. The van der Waals surface area contributed by atoms with E-state index in [1.165, 1.54) is 0 Å². The van der Waals surface area contributed by atoms with Crippen molar-refractivity contribution in [3.05, 3.63) is 28.8 Å². The van der Waals surface area contributed by atoms with Crippen molar-refractivity contribution >= 4 is 17.4 Å². The standard InChI is InChI=1S/C10H6ClF5O2/c1-9(12,13)8(17)5-2-3-7(6(11)4-5)18-10(14,15)16/h2-4H,1H3. The highest BCUT2D eigenvalue weighted by Gasteiger charge is 2.35. The van der Waals surface area contributed by atoms with Crippen molar-refractivity contribution in [2.45, 2.75) is 19.2 Å². The molecule has 1 aromatic rings. The maximum absolute atomic E-state index is 12.7. The van der Waals surface area contributed by atoms with Crippen LogP contribution in [0.25, 0.3) is 0 Å². The van der Waals surface area contributed by atoms with Crippen molar-refractivity contribution < 1.29 is 31.5 Å². The van der Waals surface area contributed by atoms with Gasteiger partial charge < -0.3 is 4.74 Å². The van der Waals surface area contributed by atoms with Crippen LogP contribution in [0.2, 0.25) is 5.02 Å². The quantitative estimate of drug-likeness (QED) is 0.619. The third-order valence-electron chi connectivity index (χ3n) is 1.82. The Morgan fingerprint density at radius 1 is 1.22 bits per heavy atom. The monoisotopic (exact) mass is 288 g/mol. The molecule has 0 aliphatic rings. The first-order valence-electron chi connectivity index (χ1n) is 4.48. The number of carbonyl (C=O) groups is 1.